The van der Waals surface area contributed by atoms with Gasteiger partial charge in [0.1, 0.15) is 6.29 Å². The molecule has 2 fully saturated rings. The molecule has 0 aromatic rings. The van der Waals surface area contributed by atoms with Crippen molar-refractivity contribution in [3.8, 4) is 0 Å². The van der Waals surface area contributed by atoms with Crippen molar-refractivity contribution in [1.29, 1.82) is 0 Å². The lowest BCUT2D eigenvalue weighted by atomic mass is 9.45. The lowest BCUT2D eigenvalue weighted by molar-refractivity contribution is -0.163. The van der Waals surface area contributed by atoms with Crippen molar-refractivity contribution < 1.29 is 23.1 Å². The molecule has 5 atom stereocenters. The van der Waals surface area contributed by atoms with E-state index in [0.717, 1.165) is 37.5 Å². The van der Waals surface area contributed by atoms with E-state index >= 15 is 0 Å². The number of carbonyl (C=O) groups is 2. The van der Waals surface area contributed by atoms with E-state index in [1.807, 2.05) is 6.08 Å². The first-order chi connectivity index (χ1) is 12.9. The Hall–Kier alpha value is -1.78. The maximum Gasteiger partial charge on any atom is 0.311 e. The smallest absolute Gasteiger partial charge is 0.311 e. The zero-order chi connectivity index (χ0) is 19.8. The number of fused-ring (bicyclic) bond motifs is 3. The van der Waals surface area contributed by atoms with Crippen LogP contribution in [0.5, 0.6) is 0 Å². The third-order valence-electron chi connectivity index (χ3n) is 7.53. The summed E-state index contributed by atoms with van der Waals surface area (Å²) in [6, 6.07) is 0. The Kier molecular flexibility index (Phi) is 5.42. The minimum atomic E-state index is -0.890. The lowest BCUT2D eigenvalue weighted by Crippen LogP contribution is -2.54. The molecule has 3 nitrogen and oxygen atoms in total. The van der Waals surface area contributed by atoms with Gasteiger partial charge in [-0.3, -0.25) is 4.79 Å². The summed E-state index contributed by atoms with van der Waals surface area (Å²) in [6.07, 6.45) is 8.00. The fourth-order valence-corrected chi connectivity index (χ4v) is 6.12. The molecule has 0 N–H and O–H groups in total. The van der Waals surface area contributed by atoms with Crippen molar-refractivity contribution in [2.45, 2.75) is 52.4 Å². The van der Waals surface area contributed by atoms with Crippen LogP contribution >= 0.6 is 0 Å². The van der Waals surface area contributed by atoms with Crippen LogP contribution in [0.25, 0.3) is 0 Å². The van der Waals surface area contributed by atoms with Crippen LogP contribution < -0.4 is 0 Å². The molecular weight excluding hydrogens is 350 g/mol. The second-order valence-electron chi connectivity index (χ2n) is 8.60. The molecule has 148 valence electrons. The first-order valence-electron chi connectivity index (χ1n) is 9.73. The van der Waals surface area contributed by atoms with Gasteiger partial charge in [-0.15, -0.1) is 0 Å². The molecule has 0 radical (unpaired) electrons. The Morgan fingerprint density at radius 2 is 2.04 bits per heavy atom. The van der Waals surface area contributed by atoms with Gasteiger partial charge in [-0.05, 0) is 73.3 Å². The summed E-state index contributed by atoms with van der Waals surface area (Å²) in [5.74, 6) is -1.12. The van der Waals surface area contributed by atoms with Gasteiger partial charge in [0.05, 0.1) is 25.2 Å². The quantitative estimate of drug-likeness (QED) is 0.499. The van der Waals surface area contributed by atoms with Gasteiger partial charge >= 0.3 is 5.97 Å². The zero-order valence-electron chi connectivity index (χ0n) is 16.3. The van der Waals surface area contributed by atoms with Gasteiger partial charge in [0, 0.05) is 12.0 Å². The number of aldehydes is 1. The number of hydrogen-bond acceptors (Lipinski definition) is 3. The highest BCUT2D eigenvalue weighted by Crippen LogP contribution is 2.65. The van der Waals surface area contributed by atoms with E-state index in [0.29, 0.717) is 24.7 Å². The van der Waals surface area contributed by atoms with Crippen molar-refractivity contribution >= 4 is 12.3 Å². The molecular formula is C22H28F2O3. The van der Waals surface area contributed by atoms with E-state index in [4.69, 9.17) is 4.74 Å². The van der Waals surface area contributed by atoms with Crippen molar-refractivity contribution in [3.05, 3.63) is 35.5 Å². The van der Waals surface area contributed by atoms with Crippen LogP contribution in [0.4, 0.5) is 8.78 Å². The highest BCUT2D eigenvalue weighted by atomic mass is 19.1. The molecule has 2 saturated carbocycles. The van der Waals surface area contributed by atoms with Crippen LogP contribution in [0, 0.1) is 28.6 Å². The predicted octanol–water partition coefficient (Wildman–Crippen LogP) is 5.23. The summed E-state index contributed by atoms with van der Waals surface area (Å²) in [5.41, 5.74) is 0.304. The molecule has 0 saturated heterocycles. The average Bonchev–Trinajstić information content (AvgIpc) is 2.68. The fraction of sp³-hybridized carbons (Fsp3) is 0.636. The minimum Gasteiger partial charge on any atom is -0.469 e. The van der Waals surface area contributed by atoms with Gasteiger partial charge in [0.25, 0.3) is 0 Å². The molecule has 3 aliphatic rings. The number of rotatable bonds is 3. The van der Waals surface area contributed by atoms with Crippen molar-refractivity contribution in [2.24, 2.45) is 28.6 Å². The van der Waals surface area contributed by atoms with Crippen LogP contribution in [-0.4, -0.2) is 19.4 Å². The van der Waals surface area contributed by atoms with Gasteiger partial charge < -0.3 is 9.53 Å². The van der Waals surface area contributed by atoms with Crippen LogP contribution in [0.15, 0.2) is 35.5 Å². The van der Waals surface area contributed by atoms with Gasteiger partial charge in [-0.25, -0.2) is 8.78 Å². The molecule has 0 aliphatic heterocycles. The number of methoxy groups -OCH3 is 1. The molecule has 3 rings (SSSR count). The Morgan fingerprint density at radius 1 is 1.30 bits per heavy atom. The number of allylic oxidation sites excluding steroid dienone is 4. The Bertz CT molecular complexity index is 723. The monoisotopic (exact) mass is 378 g/mol. The van der Waals surface area contributed by atoms with E-state index < -0.39 is 11.3 Å². The van der Waals surface area contributed by atoms with Crippen molar-refractivity contribution in [2.75, 3.05) is 7.11 Å². The molecule has 5 heteroatoms. The highest BCUT2D eigenvalue weighted by Gasteiger charge is 2.59. The van der Waals surface area contributed by atoms with E-state index in [1.165, 1.54) is 7.11 Å². The molecule has 27 heavy (non-hydrogen) atoms. The third kappa shape index (κ3) is 2.81. The van der Waals surface area contributed by atoms with Crippen molar-refractivity contribution in [1.82, 2.24) is 0 Å². The number of ether oxygens (including phenoxy) is 1. The third-order valence-corrected chi connectivity index (χ3v) is 7.53. The Balaban J connectivity index is 2.19. The molecule has 0 heterocycles. The summed E-state index contributed by atoms with van der Waals surface area (Å²) in [7, 11) is 1.33. The maximum absolute atomic E-state index is 14.1. The molecule has 0 amide bonds. The summed E-state index contributed by atoms with van der Waals surface area (Å²) in [4.78, 5) is 24.1. The fourth-order valence-electron chi connectivity index (χ4n) is 6.12. The largest absolute Gasteiger partial charge is 0.469 e. The molecule has 0 aromatic heterocycles. The second-order valence-corrected chi connectivity index (χ2v) is 8.60. The summed E-state index contributed by atoms with van der Waals surface area (Å²) in [5, 5.41) is 0. The Morgan fingerprint density at radius 3 is 2.63 bits per heavy atom. The summed E-state index contributed by atoms with van der Waals surface area (Å²) < 4.78 is 33.1. The number of carbonyl (C=O) groups excluding carboxylic acids is 2. The normalized spacial score (nSPS) is 41.5. The first kappa shape index (κ1) is 20.0. The van der Waals surface area contributed by atoms with E-state index in [9.17, 15) is 18.4 Å². The Labute approximate surface area is 159 Å². The van der Waals surface area contributed by atoms with Crippen LogP contribution in [0.2, 0.25) is 0 Å². The average molecular weight is 378 g/mol. The van der Waals surface area contributed by atoms with E-state index in [-0.39, 0.29) is 35.2 Å². The van der Waals surface area contributed by atoms with Crippen LogP contribution in [-0.2, 0) is 14.3 Å². The summed E-state index contributed by atoms with van der Waals surface area (Å²) >= 11 is 0. The first-order valence-corrected chi connectivity index (χ1v) is 9.73. The standard InChI is InChI=1S/C22H28F2O3/c1-21-9-5-4-6-16(21)14(12-23)15(13-24)19-17(21)7-10-22(2,20(26)27-3)18(19)8-11-25/h6,11-13,17-19H,4-5,7-10H2,1-3H3/b14-12+,15-13-/t17-,18-,19+,21-,22-/m0/s1. The van der Waals surface area contributed by atoms with E-state index in [1.54, 1.807) is 6.92 Å². The predicted molar refractivity (Wildman–Crippen MR) is 98.9 cm³/mol. The number of esters is 1. The van der Waals surface area contributed by atoms with E-state index in [2.05, 4.69) is 6.92 Å². The van der Waals surface area contributed by atoms with Crippen molar-refractivity contribution in [3.63, 3.8) is 0 Å². The summed E-state index contributed by atoms with van der Waals surface area (Å²) in [6.45, 7) is 3.93. The number of hydrogen-bond donors (Lipinski definition) is 0. The number of halogens is 2. The molecule has 0 spiro atoms. The van der Waals surface area contributed by atoms with Crippen LogP contribution in [0.3, 0.4) is 0 Å². The lowest BCUT2D eigenvalue weighted by Gasteiger charge is -2.58. The highest BCUT2D eigenvalue weighted by molar-refractivity contribution is 5.78. The molecule has 0 unspecified atom stereocenters. The minimum absolute atomic E-state index is 0.0671. The van der Waals surface area contributed by atoms with Crippen LogP contribution in [0.1, 0.15) is 52.4 Å². The van der Waals surface area contributed by atoms with Gasteiger partial charge in [0.15, 0.2) is 0 Å². The van der Waals surface area contributed by atoms with Gasteiger partial charge in [-0.2, -0.15) is 0 Å². The second kappa shape index (κ2) is 7.33. The zero-order valence-corrected chi connectivity index (χ0v) is 16.3. The maximum atomic E-state index is 14.1. The van der Waals surface area contributed by atoms with Gasteiger partial charge in [-0.1, -0.05) is 13.0 Å². The van der Waals surface area contributed by atoms with Gasteiger partial charge in [0.2, 0.25) is 0 Å². The SMILES string of the molecule is COC(=O)[C@@]1(C)CC[C@H]2[C@@H](C(=C\F)/C(=C\F)C3=CCCC[C@@]32C)[C@@H]1CC=O. The molecule has 0 aromatic carbocycles. The molecule has 3 aliphatic carbocycles. The topological polar surface area (TPSA) is 43.4 Å². The molecule has 0 bridgehead atoms.